The minimum atomic E-state index is -3.10. The summed E-state index contributed by atoms with van der Waals surface area (Å²) in [5.74, 6) is 0.0000795. The van der Waals surface area contributed by atoms with Crippen LogP contribution in [0.4, 0.5) is 5.69 Å². The van der Waals surface area contributed by atoms with Gasteiger partial charge in [0.15, 0.2) is 15.0 Å². The number of aliphatic imine (C=N–C) groups is 1. The number of rotatable bonds is 2. The molecule has 0 aromatic heterocycles. The van der Waals surface area contributed by atoms with Gasteiger partial charge in [-0.15, -0.1) is 0 Å². The van der Waals surface area contributed by atoms with E-state index in [2.05, 4.69) is 4.99 Å². The molecular weight excluding hydrogens is 391 g/mol. The third-order valence-corrected chi connectivity index (χ3v) is 8.13. The van der Waals surface area contributed by atoms with Crippen LogP contribution in [-0.2, 0) is 14.6 Å². The molecule has 1 amide bonds. The minimum Gasteiger partial charge on any atom is -0.314 e. The highest BCUT2D eigenvalue weighted by molar-refractivity contribution is 8.16. The van der Waals surface area contributed by atoms with Crippen molar-refractivity contribution in [2.75, 3.05) is 16.4 Å². The number of nitrogens with zero attached hydrogens (tertiary/aromatic N) is 2. The molecule has 9 heteroatoms. The monoisotopic (exact) mass is 404 g/mol. The average molecular weight is 405 g/mol. The third kappa shape index (κ3) is 3.07. The topological polar surface area (TPSA) is 66.8 Å². The van der Waals surface area contributed by atoms with Crippen molar-refractivity contribution in [3.8, 4) is 0 Å². The van der Waals surface area contributed by atoms with Crippen molar-refractivity contribution in [2.45, 2.75) is 24.1 Å². The predicted molar refractivity (Wildman–Crippen MR) is 97.9 cm³/mol. The highest BCUT2D eigenvalue weighted by atomic mass is 35.5. The normalized spacial score (nSPS) is 29.9. The Labute approximate surface area is 154 Å². The van der Waals surface area contributed by atoms with Gasteiger partial charge in [-0.2, -0.15) is 4.99 Å². The molecule has 0 spiro atoms. The molecule has 0 bridgehead atoms. The van der Waals surface area contributed by atoms with Crippen molar-refractivity contribution in [3.05, 3.63) is 28.2 Å². The molecule has 2 atom stereocenters. The lowest BCUT2D eigenvalue weighted by molar-refractivity contribution is -0.118. The van der Waals surface area contributed by atoms with Crippen LogP contribution in [-0.4, -0.2) is 42.3 Å². The van der Waals surface area contributed by atoms with Gasteiger partial charge in [-0.05, 0) is 31.0 Å². The van der Waals surface area contributed by atoms with Crippen LogP contribution in [0, 0.1) is 5.92 Å². The lowest BCUT2D eigenvalue weighted by Gasteiger charge is -2.25. The van der Waals surface area contributed by atoms with Gasteiger partial charge in [-0.1, -0.05) is 35.0 Å². The maximum absolute atomic E-state index is 12.1. The zero-order valence-corrected chi connectivity index (χ0v) is 15.6. The number of amides is 1. The van der Waals surface area contributed by atoms with E-state index in [0.29, 0.717) is 20.9 Å². The molecule has 2 aliphatic heterocycles. The fourth-order valence-corrected chi connectivity index (χ4v) is 7.32. The summed E-state index contributed by atoms with van der Waals surface area (Å²) in [4.78, 5) is 18.2. The maximum Gasteiger partial charge on any atom is 0.251 e. The quantitative estimate of drug-likeness (QED) is 0.757. The molecule has 1 aromatic rings. The van der Waals surface area contributed by atoms with Gasteiger partial charge in [0.2, 0.25) is 0 Å². The number of fused-ring (bicyclic) bond motifs is 1. The van der Waals surface area contributed by atoms with Gasteiger partial charge >= 0.3 is 0 Å². The Morgan fingerprint density at radius 1 is 1.25 bits per heavy atom. The number of carbonyl (C=O) groups excluding carboxylic acids is 1. The molecule has 0 radical (unpaired) electrons. The lowest BCUT2D eigenvalue weighted by Crippen LogP contribution is -2.38. The molecule has 3 aliphatic rings. The average Bonchev–Trinajstić information content (AvgIpc) is 3.23. The van der Waals surface area contributed by atoms with Gasteiger partial charge in [0.05, 0.1) is 28.3 Å². The van der Waals surface area contributed by atoms with E-state index < -0.39 is 9.84 Å². The standard InChI is InChI=1S/C15H14Cl2N2O3S2/c16-9-3-4-10(17)11(5-9)19-12-6-24(21,22)7-13(12)23-15(19)18-14(20)8-1-2-8/h3-5,8,12-13H,1-2,6-7H2/t12-,13+/m0/s1. The summed E-state index contributed by atoms with van der Waals surface area (Å²) in [6.45, 7) is 0. The SMILES string of the molecule is O=C(N=C1S[C@@H]2CS(=O)(=O)C[C@@H]2N1c1cc(Cl)ccc1Cl)C1CC1. The second-order valence-electron chi connectivity index (χ2n) is 6.27. The van der Waals surface area contributed by atoms with E-state index in [0.717, 1.165) is 12.8 Å². The van der Waals surface area contributed by atoms with E-state index in [1.807, 2.05) is 0 Å². The Bertz CT molecular complexity index is 852. The van der Waals surface area contributed by atoms with Crippen molar-refractivity contribution in [3.63, 3.8) is 0 Å². The van der Waals surface area contributed by atoms with Crippen LogP contribution in [0.1, 0.15) is 12.8 Å². The van der Waals surface area contributed by atoms with Crippen molar-refractivity contribution >= 4 is 61.6 Å². The number of amidine groups is 1. The Morgan fingerprint density at radius 2 is 2.00 bits per heavy atom. The van der Waals surface area contributed by atoms with Gasteiger partial charge in [0.25, 0.3) is 5.91 Å². The summed E-state index contributed by atoms with van der Waals surface area (Å²) in [6.07, 6.45) is 1.75. The van der Waals surface area contributed by atoms with Crippen molar-refractivity contribution in [1.29, 1.82) is 0 Å². The predicted octanol–water partition coefficient (Wildman–Crippen LogP) is 3.00. The summed E-state index contributed by atoms with van der Waals surface area (Å²) < 4.78 is 24.0. The van der Waals surface area contributed by atoms with Gasteiger partial charge in [0, 0.05) is 16.2 Å². The fourth-order valence-electron chi connectivity index (χ4n) is 3.03. The summed E-state index contributed by atoms with van der Waals surface area (Å²) in [7, 11) is -3.10. The Morgan fingerprint density at radius 3 is 2.71 bits per heavy atom. The number of sulfone groups is 1. The van der Waals surface area contributed by atoms with Crippen LogP contribution >= 0.6 is 35.0 Å². The molecule has 1 saturated carbocycles. The number of thioether (sulfide) groups is 1. The molecule has 0 unspecified atom stereocenters. The van der Waals surface area contributed by atoms with Crippen LogP contribution in [0.5, 0.6) is 0 Å². The van der Waals surface area contributed by atoms with E-state index in [4.69, 9.17) is 23.2 Å². The van der Waals surface area contributed by atoms with Gasteiger partial charge in [-0.3, -0.25) is 4.79 Å². The molecule has 0 N–H and O–H groups in total. The molecule has 2 heterocycles. The van der Waals surface area contributed by atoms with E-state index in [-0.39, 0.29) is 34.6 Å². The molecule has 1 aromatic carbocycles. The van der Waals surface area contributed by atoms with E-state index in [1.54, 1.807) is 23.1 Å². The summed E-state index contributed by atoms with van der Waals surface area (Å²) >= 11 is 13.8. The van der Waals surface area contributed by atoms with Crippen LogP contribution in [0.15, 0.2) is 23.2 Å². The number of halogens is 2. The first-order chi connectivity index (χ1) is 11.3. The molecule has 2 saturated heterocycles. The summed E-state index contributed by atoms with van der Waals surface area (Å²) in [6, 6.07) is 4.75. The first-order valence-corrected chi connectivity index (χ1v) is 11.0. The summed E-state index contributed by atoms with van der Waals surface area (Å²) in [5.41, 5.74) is 0.601. The van der Waals surface area contributed by atoms with Crippen molar-refractivity contribution in [2.24, 2.45) is 10.9 Å². The zero-order chi connectivity index (χ0) is 17.1. The summed E-state index contributed by atoms with van der Waals surface area (Å²) in [5, 5.41) is 1.34. The fraction of sp³-hybridized carbons (Fsp3) is 0.467. The van der Waals surface area contributed by atoms with Crippen LogP contribution < -0.4 is 4.90 Å². The highest BCUT2D eigenvalue weighted by Crippen LogP contribution is 2.44. The van der Waals surface area contributed by atoms with Gasteiger partial charge in [-0.25, -0.2) is 8.42 Å². The molecular formula is C15H14Cl2N2O3S2. The second-order valence-corrected chi connectivity index (χ2v) is 10.5. The highest BCUT2D eigenvalue weighted by Gasteiger charge is 2.50. The second kappa shape index (κ2) is 5.90. The maximum atomic E-state index is 12.1. The largest absolute Gasteiger partial charge is 0.314 e. The van der Waals surface area contributed by atoms with Crippen LogP contribution in [0.25, 0.3) is 0 Å². The van der Waals surface area contributed by atoms with Crippen molar-refractivity contribution in [1.82, 2.24) is 0 Å². The van der Waals surface area contributed by atoms with E-state index in [9.17, 15) is 13.2 Å². The molecule has 24 heavy (non-hydrogen) atoms. The van der Waals surface area contributed by atoms with Crippen molar-refractivity contribution < 1.29 is 13.2 Å². The van der Waals surface area contributed by atoms with E-state index >= 15 is 0 Å². The lowest BCUT2D eigenvalue weighted by atomic mass is 10.2. The molecule has 128 valence electrons. The van der Waals surface area contributed by atoms with E-state index in [1.165, 1.54) is 11.8 Å². The first kappa shape index (κ1) is 16.7. The van der Waals surface area contributed by atoms with Crippen LogP contribution in [0.3, 0.4) is 0 Å². The number of benzene rings is 1. The van der Waals surface area contributed by atoms with Gasteiger partial charge < -0.3 is 4.90 Å². The smallest absolute Gasteiger partial charge is 0.251 e. The molecule has 5 nitrogen and oxygen atoms in total. The number of hydrogen-bond acceptors (Lipinski definition) is 4. The van der Waals surface area contributed by atoms with Crippen LogP contribution in [0.2, 0.25) is 10.0 Å². The third-order valence-electron chi connectivity index (χ3n) is 4.37. The Kier molecular flexibility index (Phi) is 4.10. The Balaban J connectivity index is 1.77. The van der Waals surface area contributed by atoms with Gasteiger partial charge in [0.1, 0.15) is 0 Å². The molecule has 1 aliphatic carbocycles. The minimum absolute atomic E-state index is 0.0129. The number of carbonyl (C=O) groups is 1. The Hall–Kier alpha value is -0.760. The first-order valence-electron chi connectivity index (χ1n) is 7.58. The molecule has 3 fully saturated rings. The number of anilines is 1. The zero-order valence-electron chi connectivity index (χ0n) is 12.5. The number of hydrogen-bond donors (Lipinski definition) is 0. The molecule has 4 rings (SSSR count).